The maximum Gasteiger partial charge on any atom is 0.161 e. The molecule has 4 aromatic heterocycles. The molecule has 0 spiro atoms. The maximum absolute atomic E-state index is 5.88. The Morgan fingerprint density at radius 2 is 1.96 bits per heavy atom. The second-order valence-corrected chi connectivity index (χ2v) is 5.19. The number of nitrogens with zero attached hydrogens (tertiary/aromatic N) is 6. The molecule has 0 aliphatic carbocycles. The SMILES string of the molecule is Cc1nc(N)cc(-c2c(Nc3cccnc3)nc3cccnn23)n1. The first-order valence-electron chi connectivity index (χ1n) is 7.33. The van der Waals surface area contributed by atoms with Gasteiger partial charge >= 0.3 is 0 Å². The minimum atomic E-state index is 0.399. The molecule has 0 atom stereocenters. The third-order valence-electron chi connectivity index (χ3n) is 3.42. The van der Waals surface area contributed by atoms with Gasteiger partial charge in [-0.05, 0) is 31.2 Å². The van der Waals surface area contributed by atoms with Crippen molar-refractivity contribution in [3.63, 3.8) is 0 Å². The Balaban J connectivity index is 1.93. The highest BCUT2D eigenvalue weighted by atomic mass is 15.3. The molecule has 4 heterocycles. The Morgan fingerprint density at radius 3 is 2.75 bits per heavy atom. The molecule has 8 heteroatoms. The van der Waals surface area contributed by atoms with Gasteiger partial charge < -0.3 is 11.1 Å². The van der Waals surface area contributed by atoms with Crippen LogP contribution < -0.4 is 11.1 Å². The second-order valence-electron chi connectivity index (χ2n) is 5.19. The Labute approximate surface area is 137 Å². The van der Waals surface area contributed by atoms with E-state index < -0.39 is 0 Å². The van der Waals surface area contributed by atoms with E-state index in [1.165, 1.54) is 0 Å². The number of nitrogens with two attached hydrogens (primary N) is 1. The van der Waals surface area contributed by atoms with Gasteiger partial charge in [-0.1, -0.05) is 0 Å². The van der Waals surface area contributed by atoms with Crippen LogP contribution in [-0.4, -0.2) is 29.5 Å². The highest BCUT2D eigenvalue weighted by Crippen LogP contribution is 2.29. The van der Waals surface area contributed by atoms with Crippen LogP contribution in [0, 0.1) is 6.92 Å². The topological polar surface area (TPSA) is 107 Å². The molecule has 3 N–H and O–H groups in total. The predicted octanol–water partition coefficient (Wildman–Crippen LogP) is 2.22. The number of fused-ring (bicyclic) bond motifs is 1. The number of anilines is 3. The lowest BCUT2D eigenvalue weighted by Crippen LogP contribution is -2.02. The third-order valence-corrected chi connectivity index (χ3v) is 3.42. The lowest BCUT2D eigenvalue weighted by molar-refractivity contribution is 0.932. The van der Waals surface area contributed by atoms with Crippen molar-refractivity contribution in [3.05, 3.63) is 54.7 Å². The van der Waals surface area contributed by atoms with E-state index in [2.05, 4.69) is 30.4 Å². The van der Waals surface area contributed by atoms with Gasteiger partial charge in [0.15, 0.2) is 11.5 Å². The van der Waals surface area contributed by atoms with Gasteiger partial charge in [-0.25, -0.2) is 19.5 Å². The number of hydrogen-bond donors (Lipinski definition) is 2. The first kappa shape index (κ1) is 14.1. The standard InChI is InChI=1S/C16H14N8/c1-10-20-12(8-13(17)21-10)15-16(22-11-4-2-6-18-9-11)23-14-5-3-7-19-24(14)15/h2-9,22H,1H3,(H2,17,20,21). The predicted molar refractivity (Wildman–Crippen MR) is 90.7 cm³/mol. The van der Waals surface area contributed by atoms with Gasteiger partial charge in [-0.3, -0.25) is 4.98 Å². The van der Waals surface area contributed by atoms with E-state index in [9.17, 15) is 0 Å². The summed E-state index contributed by atoms with van der Waals surface area (Å²) in [6.07, 6.45) is 5.13. The van der Waals surface area contributed by atoms with Crippen LogP contribution in [0.15, 0.2) is 48.9 Å². The summed E-state index contributed by atoms with van der Waals surface area (Å²) in [4.78, 5) is 17.3. The van der Waals surface area contributed by atoms with E-state index in [-0.39, 0.29) is 0 Å². The molecule has 118 valence electrons. The molecule has 4 aromatic rings. The van der Waals surface area contributed by atoms with Gasteiger partial charge in [0.25, 0.3) is 0 Å². The molecule has 24 heavy (non-hydrogen) atoms. The zero-order valence-corrected chi connectivity index (χ0v) is 12.9. The van der Waals surface area contributed by atoms with Gasteiger partial charge in [0.1, 0.15) is 17.3 Å². The summed E-state index contributed by atoms with van der Waals surface area (Å²) >= 11 is 0. The lowest BCUT2D eigenvalue weighted by Gasteiger charge is -2.07. The van der Waals surface area contributed by atoms with Gasteiger partial charge in [0.05, 0.1) is 17.6 Å². The number of nitrogens with one attached hydrogen (secondary N) is 1. The quantitative estimate of drug-likeness (QED) is 0.596. The van der Waals surface area contributed by atoms with E-state index >= 15 is 0 Å². The summed E-state index contributed by atoms with van der Waals surface area (Å²) < 4.78 is 1.72. The average molecular weight is 318 g/mol. The van der Waals surface area contributed by atoms with Crippen molar-refractivity contribution in [3.8, 4) is 11.4 Å². The largest absolute Gasteiger partial charge is 0.384 e. The van der Waals surface area contributed by atoms with Gasteiger partial charge in [0.2, 0.25) is 0 Å². The van der Waals surface area contributed by atoms with E-state index in [0.29, 0.717) is 34.5 Å². The molecule has 0 fully saturated rings. The summed E-state index contributed by atoms with van der Waals surface area (Å²) in [7, 11) is 0. The molecule has 0 unspecified atom stereocenters. The van der Waals surface area contributed by atoms with E-state index in [4.69, 9.17) is 5.73 Å². The molecular formula is C16H14N8. The number of aromatic nitrogens is 6. The fraction of sp³-hybridized carbons (Fsp3) is 0.0625. The minimum Gasteiger partial charge on any atom is -0.384 e. The van der Waals surface area contributed by atoms with Crippen LogP contribution in [-0.2, 0) is 0 Å². The molecule has 0 saturated heterocycles. The monoisotopic (exact) mass is 318 g/mol. The van der Waals surface area contributed by atoms with Crippen LogP contribution in [0.3, 0.4) is 0 Å². The van der Waals surface area contributed by atoms with Gasteiger partial charge in [0, 0.05) is 18.5 Å². The molecule has 0 aromatic carbocycles. The summed E-state index contributed by atoms with van der Waals surface area (Å²) in [6.45, 7) is 1.80. The Morgan fingerprint density at radius 1 is 1.08 bits per heavy atom. The summed E-state index contributed by atoms with van der Waals surface area (Å²) in [6, 6.07) is 9.18. The summed E-state index contributed by atoms with van der Waals surface area (Å²) in [5, 5.41) is 7.64. The Bertz CT molecular complexity index is 989. The molecule has 0 saturated carbocycles. The molecule has 8 nitrogen and oxygen atoms in total. The fourth-order valence-corrected chi connectivity index (χ4v) is 2.49. The highest BCUT2D eigenvalue weighted by molar-refractivity contribution is 5.78. The van der Waals surface area contributed by atoms with Crippen molar-refractivity contribution in [1.82, 2.24) is 29.5 Å². The lowest BCUT2D eigenvalue weighted by atomic mass is 10.2. The molecule has 4 rings (SSSR count). The highest BCUT2D eigenvalue weighted by Gasteiger charge is 2.17. The van der Waals surface area contributed by atoms with Crippen molar-refractivity contribution in [2.75, 3.05) is 11.1 Å². The zero-order valence-electron chi connectivity index (χ0n) is 12.9. The van der Waals surface area contributed by atoms with Crippen molar-refractivity contribution in [1.29, 1.82) is 0 Å². The number of rotatable bonds is 3. The van der Waals surface area contributed by atoms with Gasteiger partial charge in [-0.15, -0.1) is 0 Å². The molecule has 0 bridgehead atoms. The number of nitrogen functional groups attached to an aromatic ring is 1. The summed E-state index contributed by atoms with van der Waals surface area (Å²) in [5.74, 6) is 1.61. The van der Waals surface area contributed by atoms with Crippen LogP contribution in [0.2, 0.25) is 0 Å². The molecule has 0 aliphatic rings. The number of aryl methyl sites for hydroxylation is 1. The smallest absolute Gasteiger partial charge is 0.161 e. The van der Waals surface area contributed by atoms with Crippen molar-refractivity contribution in [2.24, 2.45) is 0 Å². The van der Waals surface area contributed by atoms with Gasteiger partial charge in [-0.2, -0.15) is 5.10 Å². The zero-order chi connectivity index (χ0) is 16.5. The Hall–Kier alpha value is -3.55. The fourth-order valence-electron chi connectivity index (χ4n) is 2.49. The third kappa shape index (κ3) is 2.50. The number of pyridine rings is 1. The van der Waals surface area contributed by atoms with E-state index in [1.807, 2.05) is 24.3 Å². The van der Waals surface area contributed by atoms with Crippen LogP contribution in [0.5, 0.6) is 0 Å². The maximum atomic E-state index is 5.88. The summed E-state index contributed by atoms with van der Waals surface area (Å²) in [5.41, 5.74) is 8.77. The molecule has 0 aliphatic heterocycles. The normalized spacial score (nSPS) is 10.9. The molecule has 0 amide bonds. The van der Waals surface area contributed by atoms with Crippen molar-refractivity contribution in [2.45, 2.75) is 6.92 Å². The van der Waals surface area contributed by atoms with Crippen LogP contribution >= 0.6 is 0 Å². The van der Waals surface area contributed by atoms with Crippen LogP contribution in [0.4, 0.5) is 17.3 Å². The Kier molecular flexibility index (Phi) is 3.27. The second kappa shape index (κ2) is 5.58. The van der Waals surface area contributed by atoms with E-state index in [1.54, 1.807) is 36.1 Å². The number of imidazole rings is 1. The minimum absolute atomic E-state index is 0.399. The van der Waals surface area contributed by atoms with Crippen LogP contribution in [0.25, 0.3) is 17.0 Å². The number of hydrogen-bond acceptors (Lipinski definition) is 7. The van der Waals surface area contributed by atoms with E-state index in [0.717, 1.165) is 5.69 Å². The first-order chi connectivity index (χ1) is 11.7. The van der Waals surface area contributed by atoms with Crippen molar-refractivity contribution < 1.29 is 0 Å². The molecular weight excluding hydrogens is 304 g/mol. The van der Waals surface area contributed by atoms with Crippen molar-refractivity contribution >= 4 is 23.0 Å². The van der Waals surface area contributed by atoms with Crippen LogP contribution in [0.1, 0.15) is 5.82 Å². The first-order valence-corrected chi connectivity index (χ1v) is 7.33. The average Bonchev–Trinajstić information content (AvgIpc) is 2.92. The molecule has 0 radical (unpaired) electrons.